The Morgan fingerprint density at radius 2 is 2.14 bits per heavy atom. The molecule has 2 aromatic heterocycles. The maximum atomic E-state index is 4.27. The number of hydrogen-bond acceptors (Lipinski definition) is 3. The van der Waals surface area contributed by atoms with Gasteiger partial charge in [0, 0.05) is 33.1 Å². The van der Waals surface area contributed by atoms with Crippen molar-refractivity contribution in [3.63, 3.8) is 0 Å². The Morgan fingerprint density at radius 1 is 1.29 bits per heavy atom. The molecule has 0 aliphatic rings. The number of aromatic nitrogens is 2. The molecule has 0 amide bonds. The lowest BCUT2D eigenvalue weighted by Crippen LogP contribution is -2.18. The van der Waals surface area contributed by atoms with E-state index in [-0.39, 0.29) is 0 Å². The van der Waals surface area contributed by atoms with Crippen LogP contribution < -0.4 is 0 Å². The topological polar surface area (TPSA) is 31.9 Å². The Labute approximate surface area is 129 Å². The Bertz CT molecular complexity index is 713. The summed E-state index contributed by atoms with van der Waals surface area (Å²) in [6.07, 6.45) is 4.44. The molecule has 1 aromatic carbocycles. The highest BCUT2D eigenvalue weighted by Gasteiger charge is 2.13. The van der Waals surface area contributed by atoms with Crippen LogP contribution in [0.15, 0.2) is 35.8 Å². The summed E-state index contributed by atoms with van der Waals surface area (Å²) in [5, 5.41) is 11.0. The molecular formula is C17H21N3S. The van der Waals surface area contributed by atoms with E-state index in [0.717, 1.165) is 18.8 Å². The molecule has 3 nitrogen and oxygen atoms in total. The second-order valence-corrected chi connectivity index (χ2v) is 6.42. The third kappa shape index (κ3) is 3.01. The van der Waals surface area contributed by atoms with Crippen molar-refractivity contribution in [1.82, 2.24) is 15.1 Å². The predicted octanol–water partition coefficient (Wildman–Crippen LogP) is 4.52. The van der Waals surface area contributed by atoms with Crippen LogP contribution in [0.1, 0.15) is 25.3 Å². The molecule has 0 fully saturated rings. The maximum absolute atomic E-state index is 4.27. The normalized spacial score (nSPS) is 11.6. The van der Waals surface area contributed by atoms with E-state index in [1.807, 2.05) is 6.20 Å². The van der Waals surface area contributed by atoms with E-state index in [2.05, 4.69) is 58.7 Å². The molecule has 4 heteroatoms. The van der Waals surface area contributed by atoms with Gasteiger partial charge in [-0.15, -0.1) is 11.3 Å². The van der Waals surface area contributed by atoms with Crippen LogP contribution in [0, 0.1) is 0 Å². The van der Waals surface area contributed by atoms with Gasteiger partial charge >= 0.3 is 0 Å². The zero-order valence-electron chi connectivity index (χ0n) is 12.6. The molecule has 110 valence electrons. The van der Waals surface area contributed by atoms with Gasteiger partial charge in [0.25, 0.3) is 0 Å². The highest BCUT2D eigenvalue weighted by Crippen LogP contribution is 2.34. The number of hydrogen-bond donors (Lipinski definition) is 1. The second-order valence-electron chi connectivity index (χ2n) is 5.51. The molecule has 0 unspecified atom stereocenters. The van der Waals surface area contributed by atoms with Gasteiger partial charge < -0.3 is 4.90 Å². The van der Waals surface area contributed by atoms with Crippen LogP contribution in [0.5, 0.6) is 0 Å². The first-order valence-corrected chi connectivity index (χ1v) is 8.35. The van der Waals surface area contributed by atoms with Crippen LogP contribution >= 0.6 is 11.3 Å². The molecule has 1 N–H and O–H groups in total. The van der Waals surface area contributed by atoms with E-state index < -0.39 is 0 Å². The van der Waals surface area contributed by atoms with E-state index in [0.29, 0.717) is 0 Å². The summed E-state index contributed by atoms with van der Waals surface area (Å²) in [7, 11) is 2.18. The fraction of sp³-hybridized carbons (Fsp3) is 0.353. The molecule has 0 aliphatic carbocycles. The van der Waals surface area contributed by atoms with Crippen molar-refractivity contribution in [3.8, 4) is 11.3 Å². The minimum atomic E-state index is 0.940. The van der Waals surface area contributed by atoms with Crippen LogP contribution in [0.3, 0.4) is 0 Å². The molecule has 0 bridgehead atoms. The molecule has 0 aliphatic heterocycles. The number of fused-ring (bicyclic) bond motifs is 1. The van der Waals surface area contributed by atoms with Crippen LogP contribution in [0.4, 0.5) is 0 Å². The van der Waals surface area contributed by atoms with Gasteiger partial charge in [-0.3, -0.25) is 5.10 Å². The number of H-pyrrole nitrogens is 1. The Morgan fingerprint density at radius 3 is 3.00 bits per heavy atom. The van der Waals surface area contributed by atoms with E-state index >= 15 is 0 Å². The van der Waals surface area contributed by atoms with Crippen LogP contribution in [-0.4, -0.2) is 28.7 Å². The fourth-order valence-electron chi connectivity index (χ4n) is 2.63. The van der Waals surface area contributed by atoms with Crippen molar-refractivity contribution in [2.45, 2.75) is 26.3 Å². The first kappa shape index (κ1) is 14.3. The van der Waals surface area contributed by atoms with Crippen molar-refractivity contribution < 1.29 is 0 Å². The van der Waals surface area contributed by atoms with E-state index in [1.54, 1.807) is 11.3 Å². The summed E-state index contributed by atoms with van der Waals surface area (Å²) >= 11 is 1.79. The molecule has 0 radical (unpaired) electrons. The van der Waals surface area contributed by atoms with Crippen molar-refractivity contribution in [2.75, 3.05) is 13.6 Å². The number of unbranched alkanes of at least 4 members (excludes halogenated alkanes) is 1. The van der Waals surface area contributed by atoms with E-state index in [4.69, 9.17) is 0 Å². The van der Waals surface area contributed by atoms with Gasteiger partial charge in [0.1, 0.15) is 0 Å². The largest absolute Gasteiger partial charge is 0.302 e. The SMILES string of the molecule is CCCCN(C)Cc1cn[nH]c1-c1csc2ccccc12. The predicted molar refractivity (Wildman–Crippen MR) is 90.6 cm³/mol. The minimum absolute atomic E-state index is 0.940. The summed E-state index contributed by atoms with van der Waals surface area (Å²) in [5.74, 6) is 0. The van der Waals surface area contributed by atoms with Crippen molar-refractivity contribution >= 4 is 21.4 Å². The van der Waals surface area contributed by atoms with Crippen molar-refractivity contribution in [1.29, 1.82) is 0 Å². The number of nitrogens with zero attached hydrogens (tertiary/aromatic N) is 2. The fourth-order valence-corrected chi connectivity index (χ4v) is 3.59. The zero-order valence-corrected chi connectivity index (χ0v) is 13.4. The van der Waals surface area contributed by atoms with Crippen molar-refractivity contribution in [3.05, 3.63) is 41.4 Å². The molecule has 3 aromatic rings. The average molecular weight is 299 g/mol. The van der Waals surface area contributed by atoms with E-state index in [1.165, 1.54) is 34.1 Å². The molecule has 0 saturated heterocycles. The molecule has 2 heterocycles. The summed E-state index contributed by atoms with van der Waals surface area (Å²) in [4.78, 5) is 2.37. The van der Waals surface area contributed by atoms with Gasteiger partial charge in [0.05, 0.1) is 11.9 Å². The lowest BCUT2D eigenvalue weighted by Gasteiger charge is -2.15. The Hall–Kier alpha value is -1.65. The van der Waals surface area contributed by atoms with Gasteiger partial charge in [0.15, 0.2) is 0 Å². The van der Waals surface area contributed by atoms with Gasteiger partial charge in [0.2, 0.25) is 0 Å². The molecule has 21 heavy (non-hydrogen) atoms. The molecular weight excluding hydrogens is 278 g/mol. The first-order chi connectivity index (χ1) is 10.3. The highest BCUT2D eigenvalue weighted by molar-refractivity contribution is 7.17. The molecule has 0 atom stereocenters. The van der Waals surface area contributed by atoms with Gasteiger partial charge in [-0.1, -0.05) is 31.5 Å². The number of nitrogens with one attached hydrogen (secondary N) is 1. The third-order valence-electron chi connectivity index (χ3n) is 3.80. The lowest BCUT2D eigenvalue weighted by atomic mass is 10.1. The average Bonchev–Trinajstić information content (AvgIpc) is 3.11. The Balaban J connectivity index is 1.88. The third-order valence-corrected chi connectivity index (χ3v) is 4.77. The summed E-state index contributed by atoms with van der Waals surface area (Å²) in [6.45, 7) is 4.30. The summed E-state index contributed by atoms with van der Waals surface area (Å²) in [5.41, 5.74) is 3.71. The summed E-state index contributed by atoms with van der Waals surface area (Å²) in [6, 6.07) is 8.55. The monoisotopic (exact) mass is 299 g/mol. The number of aromatic amines is 1. The van der Waals surface area contributed by atoms with Gasteiger partial charge in [-0.2, -0.15) is 5.10 Å². The second kappa shape index (κ2) is 6.41. The lowest BCUT2D eigenvalue weighted by molar-refractivity contribution is 0.321. The van der Waals surface area contributed by atoms with Gasteiger partial charge in [-0.05, 0) is 26.1 Å². The standard InChI is InChI=1S/C17H21N3S/c1-3-4-9-20(2)11-13-10-18-19-17(13)15-12-21-16-8-6-5-7-14(15)16/h5-8,10,12H,3-4,9,11H2,1-2H3,(H,18,19). The van der Waals surface area contributed by atoms with Crippen LogP contribution in [0.2, 0.25) is 0 Å². The summed E-state index contributed by atoms with van der Waals surface area (Å²) < 4.78 is 1.33. The highest BCUT2D eigenvalue weighted by atomic mass is 32.1. The van der Waals surface area contributed by atoms with Crippen LogP contribution in [-0.2, 0) is 6.54 Å². The number of rotatable bonds is 6. The zero-order chi connectivity index (χ0) is 14.7. The van der Waals surface area contributed by atoms with E-state index in [9.17, 15) is 0 Å². The quantitative estimate of drug-likeness (QED) is 0.725. The molecule has 0 spiro atoms. The van der Waals surface area contributed by atoms with Crippen molar-refractivity contribution in [2.24, 2.45) is 0 Å². The maximum Gasteiger partial charge on any atom is 0.0709 e. The minimum Gasteiger partial charge on any atom is -0.302 e. The number of thiophene rings is 1. The Kier molecular flexibility index (Phi) is 4.36. The molecule has 0 saturated carbocycles. The smallest absolute Gasteiger partial charge is 0.0709 e. The van der Waals surface area contributed by atoms with Crippen LogP contribution in [0.25, 0.3) is 21.3 Å². The van der Waals surface area contributed by atoms with Gasteiger partial charge in [-0.25, -0.2) is 0 Å². The molecule has 3 rings (SSSR count). The first-order valence-electron chi connectivity index (χ1n) is 7.47. The number of benzene rings is 1.